The summed E-state index contributed by atoms with van der Waals surface area (Å²) >= 11 is 6.64. The number of nitrogens with two attached hydrogens (primary N) is 1. The van der Waals surface area contributed by atoms with Gasteiger partial charge in [0.15, 0.2) is 18.1 Å². The van der Waals surface area contributed by atoms with Crippen LogP contribution in [0.4, 0.5) is 5.69 Å². The second-order valence-corrected chi connectivity index (χ2v) is 9.00. The molecule has 1 heterocycles. The quantitative estimate of drug-likeness (QED) is 0.301. The van der Waals surface area contributed by atoms with Gasteiger partial charge >= 0.3 is 0 Å². The molecule has 0 bridgehead atoms. The Kier molecular flexibility index (Phi) is 7.07. The standard InChI is InChI=1S/C30H24ClN3O4/c1-2-36-26-14-18(12-13-25(26)37-17-27(35)34-19-8-4-3-5-9-19)28-22-15-24(31)20-10-6-7-11-21(20)29(22)38-30(33)23(28)16-32/h3-15,28H,2,17,33H2,1H3,(H,34,35)/t28-/m1/s1. The average Bonchev–Trinajstić information content (AvgIpc) is 2.93. The summed E-state index contributed by atoms with van der Waals surface area (Å²) in [6, 6.07) is 26.1. The summed E-state index contributed by atoms with van der Waals surface area (Å²) in [4.78, 5) is 12.4. The van der Waals surface area contributed by atoms with E-state index in [1.807, 2.05) is 61.5 Å². The highest BCUT2D eigenvalue weighted by Gasteiger charge is 2.33. The van der Waals surface area contributed by atoms with Crippen LogP contribution in [-0.2, 0) is 4.79 Å². The van der Waals surface area contributed by atoms with Gasteiger partial charge in [0.25, 0.3) is 5.91 Å². The highest BCUT2D eigenvalue weighted by Crippen LogP contribution is 2.48. The van der Waals surface area contributed by atoms with Crippen molar-refractivity contribution in [3.05, 3.63) is 106 Å². The number of halogens is 1. The van der Waals surface area contributed by atoms with E-state index in [0.717, 1.165) is 21.9 Å². The number of hydrogen-bond donors (Lipinski definition) is 2. The maximum Gasteiger partial charge on any atom is 0.262 e. The number of nitrogens with one attached hydrogen (secondary N) is 1. The first kappa shape index (κ1) is 25.0. The van der Waals surface area contributed by atoms with Gasteiger partial charge in [-0.15, -0.1) is 0 Å². The van der Waals surface area contributed by atoms with E-state index in [4.69, 9.17) is 31.5 Å². The second kappa shape index (κ2) is 10.8. The molecule has 3 N–H and O–H groups in total. The summed E-state index contributed by atoms with van der Waals surface area (Å²) in [6.45, 7) is 2.03. The van der Waals surface area contributed by atoms with Crippen molar-refractivity contribution in [2.45, 2.75) is 12.8 Å². The fourth-order valence-electron chi connectivity index (χ4n) is 4.54. The largest absolute Gasteiger partial charge is 0.490 e. The molecule has 38 heavy (non-hydrogen) atoms. The molecule has 1 aliphatic rings. The van der Waals surface area contributed by atoms with Crippen molar-refractivity contribution in [1.82, 2.24) is 0 Å². The van der Waals surface area contributed by atoms with Gasteiger partial charge in [-0.3, -0.25) is 4.79 Å². The molecule has 1 amide bonds. The minimum atomic E-state index is -0.541. The van der Waals surface area contributed by atoms with Crippen molar-refractivity contribution in [3.63, 3.8) is 0 Å². The van der Waals surface area contributed by atoms with Crippen LogP contribution in [0.1, 0.15) is 24.0 Å². The van der Waals surface area contributed by atoms with Crippen LogP contribution < -0.4 is 25.3 Å². The van der Waals surface area contributed by atoms with Crippen LogP contribution in [0.2, 0.25) is 5.02 Å². The van der Waals surface area contributed by atoms with E-state index >= 15 is 0 Å². The number of nitriles is 1. The van der Waals surface area contributed by atoms with Crippen molar-refractivity contribution >= 4 is 34.0 Å². The SMILES string of the molecule is CCOc1cc([C@H]2C(C#N)=C(N)Oc3c2cc(Cl)c2ccccc32)ccc1OCC(=O)Nc1ccccc1. The minimum absolute atomic E-state index is 0.0355. The molecule has 0 spiro atoms. The van der Waals surface area contributed by atoms with Crippen molar-refractivity contribution in [2.24, 2.45) is 5.73 Å². The van der Waals surface area contributed by atoms with Crippen LogP contribution in [0.3, 0.4) is 0 Å². The predicted octanol–water partition coefficient (Wildman–Crippen LogP) is 6.13. The molecule has 1 aliphatic heterocycles. The molecule has 1 atom stereocenters. The minimum Gasteiger partial charge on any atom is -0.490 e. The molecule has 0 aromatic heterocycles. The van der Waals surface area contributed by atoms with Gasteiger partial charge in [-0.25, -0.2) is 0 Å². The zero-order valence-corrected chi connectivity index (χ0v) is 21.3. The third kappa shape index (κ3) is 4.82. The average molecular weight is 526 g/mol. The number of carbonyl (C=O) groups excluding carboxylic acids is 1. The summed E-state index contributed by atoms with van der Waals surface area (Å²) in [5.41, 5.74) is 8.64. The zero-order valence-electron chi connectivity index (χ0n) is 20.5. The van der Waals surface area contributed by atoms with Gasteiger partial charge in [0.05, 0.1) is 12.5 Å². The summed E-state index contributed by atoms with van der Waals surface area (Å²) < 4.78 is 17.6. The molecule has 0 aliphatic carbocycles. The Morgan fingerprint density at radius 3 is 2.50 bits per heavy atom. The fraction of sp³-hybridized carbons (Fsp3) is 0.133. The number of carbonyl (C=O) groups is 1. The maximum absolute atomic E-state index is 12.4. The van der Waals surface area contributed by atoms with Crippen LogP contribution in [0.15, 0.2) is 90.3 Å². The first-order valence-corrected chi connectivity index (χ1v) is 12.4. The highest BCUT2D eigenvalue weighted by atomic mass is 35.5. The number of ether oxygens (including phenoxy) is 3. The summed E-state index contributed by atoms with van der Waals surface area (Å²) in [5.74, 6) is 0.590. The van der Waals surface area contributed by atoms with Crippen LogP contribution in [0.5, 0.6) is 17.2 Å². The number of hydrogen-bond acceptors (Lipinski definition) is 6. The Balaban J connectivity index is 1.50. The van der Waals surface area contributed by atoms with Crippen molar-refractivity contribution in [2.75, 3.05) is 18.5 Å². The zero-order chi connectivity index (χ0) is 26.6. The number of allylic oxidation sites excluding steroid dienone is 1. The number of anilines is 1. The first-order valence-electron chi connectivity index (χ1n) is 12.0. The van der Waals surface area contributed by atoms with Gasteiger partial charge in [0.1, 0.15) is 17.4 Å². The Labute approximate surface area is 225 Å². The van der Waals surface area contributed by atoms with E-state index in [-0.39, 0.29) is 24.0 Å². The summed E-state index contributed by atoms with van der Waals surface area (Å²) in [6.07, 6.45) is 0. The van der Waals surface area contributed by atoms with Crippen molar-refractivity contribution in [1.29, 1.82) is 5.26 Å². The number of nitrogens with zero attached hydrogens (tertiary/aromatic N) is 1. The molecule has 190 valence electrons. The Morgan fingerprint density at radius 2 is 1.76 bits per heavy atom. The molecule has 5 rings (SSSR count). The lowest BCUT2D eigenvalue weighted by molar-refractivity contribution is -0.118. The molecule has 4 aromatic carbocycles. The second-order valence-electron chi connectivity index (χ2n) is 8.59. The molecule has 0 radical (unpaired) electrons. The summed E-state index contributed by atoms with van der Waals surface area (Å²) in [5, 5.41) is 15.0. The number of para-hydroxylation sites is 1. The molecule has 8 heteroatoms. The molecule has 4 aromatic rings. The smallest absolute Gasteiger partial charge is 0.262 e. The Bertz CT molecular complexity index is 1590. The van der Waals surface area contributed by atoms with Gasteiger partial charge in [0, 0.05) is 27.0 Å². The van der Waals surface area contributed by atoms with E-state index in [1.165, 1.54) is 0 Å². The van der Waals surface area contributed by atoms with E-state index in [9.17, 15) is 10.1 Å². The van der Waals surface area contributed by atoms with Gasteiger partial charge in [-0.05, 0) is 42.8 Å². The normalized spacial score (nSPS) is 14.3. The van der Waals surface area contributed by atoms with Gasteiger partial charge in [-0.2, -0.15) is 5.26 Å². The van der Waals surface area contributed by atoms with E-state index < -0.39 is 5.92 Å². The maximum atomic E-state index is 12.4. The molecule has 0 saturated carbocycles. The number of benzene rings is 4. The van der Waals surface area contributed by atoms with Gasteiger partial charge in [0.2, 0.25) is 5.88 Å². The molecule has 0 saturated heterocycles. The summed E-state index contributed by atoms with van der Waals surface area (Å²) in [7, 11) is 0. The topological polar surface area (TPSA) is 107 Å². The molecule has 0 fully saturated rings. The number of fused-ring (bicyclic) bond motifs is 3. The lowest BCUT2D eigenvalue weighted by atomic mass is 9.82. The monoisotopic (exact) mass is 525 g/mol. The molecular weight excluding hydrogens is 502 g/mol. The van der Waals surface area contributed by atoms with Crippen LogP contribution in [0, 0.1) is 11.3 Å². The van der Waals surface area contributed by atoms with E-state index in [1.54, 1.807) is 24.3 Å². The fourth-order valence-corrected chi connectivity index (χ4v) is 4.82. The predicted molar refractivity (Wildman–Crippen MR) is 146 cm³/mol. The lowest BCUT2D eigenvalue weighted by Gasteiger charge is -2.28. The van der Waals surface area contributed by atoms with E-state index in [0.29, 0.717) is 34.6 Å². The third-order valence-corrected chi connectivity index (χ3v) is 6.50. The van der Waals surface area contributed by atoms with Crippen LogP contribution in [0.25, 0.3) is 10.8 Å². The van der Waals surface area contributed by atoms with Crippen molar-refractivity contribution < 1.29 is 19.0 Å². The highest BCUT2D eigenvalue weighted by molar-refractivity contribution is 6.36. The lowest BCUT2D eigenvalue weighted by Crippen LogP contribution is -2.22. The molecular formula is C30H24ClN3O4. The third-order valence-electron chi connectivity index (χ3n) is 6.19. The number of amides is 1. The van der Waals surface area contributed by atoms with Gasteiger partial charge in [-0.1, -0.05) is 60.1 Å². The Morgan fingerprint density at radius 1 is 1.03 bits per heavy atom. The van der Waals surface area contributed by atoms with Crippen molar-refractivity contribution in [3.8, 4) is 23.3 Å². The van der Waals surface area contributed by atoms with E-state index in [2.05, 4.69) is 11.4 Å². The first-order chi connectivity index (χ1) is 18.5. The molecule has 7 nitrogen and oxygen atoms in total. The number of rotatable bonds is 7. The van der Waals surface area contributed by atoms with Gasteiger partial charge < -0.3 is 25.3 Å². The Hall–Kier alpha value is -4.67. The molecule has 0 unspecified atom stereocenters. The van der Waals surface area contributed by atoms with Crippen LogP contribution in [-0.4, -0.2) is 19.1 Å². The van der Waals surface area contributed by atoms with Crippen LogP contribution >= 0.6 is 11.6 Å².